The fraction of sp³-hybridized carbons (Fsp3) is 0.146. The molecule has 0 aliphatic carbocycles. The van der Waals surface area contributed by atoms with E-state index < -0.39 is 40.8 Å². The number of nitrogens with zero attached hydrogens (tertiary/aromatic N) is 3. The number of oxime groups is 1. The van der Waals surface area contributed by atoms with Crippen molar-refractivity contribution in [2.24, 2.45) is 5.16 Å². The first kappa shape index (κ1) is 41.3. The molecule has 1 unspecified atom stereocenters. The number of benzene rings is 5. The van der Waals surface area contributed by atoms with E-state index in [1.165, 1.54) is 35.1 Å². The minimum absolute atomic E-state index is 0.109. The van der Waals surface area contributed by atoms with E-state index in [2.05, 4.69) is 52.2 Å². The van der Waals surface area contributed by atoms with Crippen molar-refractivity contribution in [3.8, 4) is 0 Å². The number of hydrogen-bond acceptors (Lipinski definition) is 10. The number of anilines is 1. The van der Waals surface area contributed by atoms with E-state index in [4.69, 9.17) is 26.2 Å². The van der Waals surface area contributed by atoms with Crippen LogP contribution in [0.15, 0.2) is 186 Å². The summed E-state index contributed by atoms with van der Waals surface area (Å²) in [6.07, 6.45) is 2.73. The fourth-order valence-corrected chi connectivity index (χ4v) is 9.74. The lowest BCUT2D eigenvalue weighted by atomic mass is 9.77. The first-order valence-corrected chi connectivity index (χ1v) is 21.9. The number of allylic oxidation sites excluding steroid dienone is 2. The van der Waals surface area contributed by atoms with E-state index in [9.17, 15) is 14.4 Å². The SMILES string of the molecule is CON=C(C(=O)NC1C(=O)N2C(C(=O)OC(c3ccccc3)c3ccccc3)=C(/C=C\CCl)CS[C@@H]12)c1csc(NC(c2ccccc2)(c2ccccc2)c2ccccc2)n1. The predicted octanol–water partition coefficient (Wildman–Crippen LogP) is 8.68. The van der Waals surface area contributed by atoms with Gasteiger partial charge in [-0.25, -0.2) is 9.78 Å². The van der Waals surface area contributed by atoms with Crippen LogP contribution in [0, 0.1) is 0 Å². The summed E-state index contributed by atoms with van der Waals surface area (Å²) in [7, 11) is 1.34. The smallest absolute Gasteiger partial charge is 0.356 e. The Hall–Kier alpha value is -6.47. The molecule has 8 rings (SSSR count). The normalized spacial score (nSPS) is 16.5. The van der Waals surface area contributed by atoms with E-state index in [0.29, 0.717) is 16.5 Å². The first-order valence-electron chi connectivity index (χ1n) is 19.5. The number of alkyl halides is 1. The van der Waals surface area contributed by atoms with Crippen molar-refractivity contribution < 1.29 is 24.0 Å². The van der Waals surface area contributed by atoms with Crippen molar-refractivity contribution in [3.05, 3.63) is 214 Å². The van der Waals surface area contributed by atoms with Gasteiger partial charge in [0.1, 0.15) is 35.5 Å². The van der Waals surface area contributed by atoms with Gasteiger partial charge in [0.05, 0.1) is 0 Å². The highest BCUT2D eigenvalue weighted by Gasteiger charge is 2.55. The minimum Gasteiger partial charge on any atom is -0.448 e. The number of aromatic nitrogens is 1. The molecule has 0 spiro atoms. The molecule has 5 aromatic carbocycles. The zero-order chi connectivity index (χ0) is 42.2. The number of thioether (sulfide) groups is 1. The zero-order valence-electron chi connectivity index (χ0n) is 32.9. The second-order valence-corrected chi connectivity index (χ2v) is 16.3. The van der Waals surface area contributed by atoms with Crippen LogP contribution in [0.1, 0.15) is 39.6 Å². The second-order valence-electron chi connectivity index (χ2n) is 14.0. The summed E-state index contributed by atoms with van der Waals surface area (Å²) in [4.78, 5) is 53.9. The second kappa shape index (κ2) is 18.8. The molecule has 0 radical (unpaired) electrons. The number of carbonyl (C=O) groups excluding carboxylic acids is 3. The number of halogens is 1. The van der Waals surface area contributed by atoms with Crippen molar-refractivity contribution in [2.75, 3.05) is 24.1 Å². The molecule has 6 aromatic rings. The number of thiazole rings is 1. The Bertz CT molecular complexity index is 2440. The monoisotopic (exact) mass is 865 g/mol. The molecule has 2 aliphatic rings. The summed E-state index contributed by atoms with van der Waals surface area (Å²) >= 11 is 8.74. The maximum atomic E-state index is 14.3. The molecule has 0 saturated carbocycles. The van der Waals surface area contributed by atoms with Gasteiger partial charge in [-0.1, -0.05) is 169 Å². The van der Waals surface area contributed by atoms with E-state index in [1.807, 2.05) is 115 Å². The van der Waals surface area contributed by atoms with Gasteiger partial charge >= 0.3 is 5.97 Å². The van der Waals surface area contributed by atoms with E-state index in [-0.39, 0.29) is 23.0 Å². The molecule has 13 heteroatoms. The third-order valence-electron chi connectivity index (χ3n) is 10.4. The van der Waals surface area contributed by atoms with Crippen LogP contribution in [0.5, 0.6) is 0 Å². The summed E-state index contributed by atoms with van der Waals surface area (Å²) in [5.74, 6) is -1.22. The standard InChI is InChI=1S/C48H40ClN5O5S2/c1-58-53-39(38-31-61-47(50-38)52-48(35-23-11-4-12-24-35,36-25-13-5-14-26-36)37-27-15-6-16-28-37)43(55)51-40-44(56)54-41(34(22-17-29-49)30-60-45(40)54)46(57)59-42(32-18-7-2-8-19-32)33-20-9-3-10-21-33/h2-28,31,40,42,45H,29-30H2,1H3,(H,50,52)(H,51,55)/b22-17-,53-39?/t40?,45-/m0/s1. The molecule has 0 bridgehead atoms. The maximum Gasteiger partial charge on any atom is 0.356 e. The van der Waals surface area contributed by atoms with Crippen molar-refractivity contribution >= 4 is 63.3 Å². The van der Waals surface area contributed by atoms with Crippen molar-refractivity contribution in [2.45, 2.75) is 23.1 Å². The third-order valence-corrected chi connectivity index (χ3v) is 12.6. The Morgan fingerprint density at radius 1 is 0.852 bits per heavy atom. The largest absolute Gasteiger partial charge is 0.448 e. The zero-order valence-corrected chi connectivity index (χ0v) is 35.3. The molecule has 10 nitrogen and oxygen atoms in total. The van der Waals surface area contributed by atoms with Crippen LogP contribution >= 0.6 is 34.7 Å². The van der Waals surface area contributed by atoms with Crippen LogP contribution in [0.3, 0.4) is 0 Å². The lowest BCUT2D eigenvalue weighted by Crippen LogP contribution is -2.71. The number of fused-ring (bicyclic) bond motifs is 1. The Labute approximate surface area is 367 Å². The van der Waals surface area contributed by atoms with Crippen LogP contribution in [0.4, 0.5) is 5.13 Å². The molecular weight excluding hydrogens is 826 g/mol. The van der Waals surface area contributed by atoms with Gasteiger partial charge in [-0.2, -0.15) is 0 Å². The van der Waals surface area contributed by atoms with Gasteiger partial charge in [0.2, 0.25) is 0 Å². The van der Waals surface area contributed by atoms with E-state index >= 15 is 0 Å². The highest BCUT2D eigenvalue weighted by atomic mass is 35.5. The summed E-state index contributed by atoms with van der Waals surface area (Å²) < 4.78 is 6.24. The Morgan fingerprint density at radius 2 is 1.38 bits per heavy atom. The highest BCUT2D eigenvalue weighted by molar-refractivity contribution is 8.00. The van der Waals surface area contributed by atoms with Crippen molar-refractivity contribution in [1.82, 2.24) is 15.2 Å². The molecule has 306 valence electrons. The third kappa shape index (κ3) is 8.47. The molecule has 2 N–H and O–H groups in total. The summed E-state index contributed by atoms with van der Waals surface area (Å²) in [5.41, 5.74) is 4.49. The van der Waals surface area contributed by atoms with Gasteiger partial charge in [0, 0.05) is 17.0 Å². The average molecular weight is 866 g/mol. The number of amides is 2. The number of nitrogens with one attached hydrogen (secondary N) is 2. The van der Waals surface area contributed by atoms with Crippen molar-refractivity contribution in [1.29, 1.82) is 0 Å². The Morgan fingerprint density at radius 3 is 1.89 bits per heavy atom. The molecular formula is C48H40ClN5O5S2. The first-order chi connectivity index (χ1) is 29.9. The number of hydrogen-bond donors (Lipinski definition) is 2. The molecule has 1 saturated heterocycles. The molecule has 2 amide bonds. The van der Waals surface area contributed by atoms with E-state index in [0.717, 1.165) is 27.8 Å². The molecule has 1 aromatic heterocycles. The lowest BCUT2D eigenvalue weighted by molar-refractivity contribution is -0.154. The number of carbonyl (C=O) groups is 3. The molecule has 1 fully saturated rings. The number of esters is 1. The summed E-state index contributed by atoms with van der Waals surface area (Å²) in [5, 5.41) is 12.3. The quantitative estimate of drug-likeness (QED) is 0.0263. The summed E-state index contributed by atoms with van der Waals surface area (Å²) in [6.45, 7) is 0. The van der Waals surface area contributed by atoms with Crippen LogP contribution in [0.25, 0.3) is 0 Å². The Balaban J connectivity index is 1.05. The number of β-lactam (4-membered cyclic amide) rings is 1. The van der Waals surface area contributed by atoms with Gasteiger partial charge in [-0.15, -0.1) is 34.7 Å². The van der Waals surface area contributed by atoms with Crippen LogP contribution in [-0.2, 0) is 29.5 Å². The van der Waals surface area contributed by atoms with Gasteiger partial charge in [0.25, 0.3) is 11.8 Å². The topological polar surface area (TPSA) is 122 Å². The molecule has 2 aliphatic heterocycles. The summed E-state index contributed by atoms with van der Waals surface area (Å²) in [6, 6.07) is 48.2. The molecule has 3 heterocycles. The number of ether oxygens (including phenoxy) is 1. The molecule has 61 heavy (non-hydrogen) atoms. The predicted molar refractivity (Wildman–Crippen MR) is 241 cm³/mol. The van der Waals surface area contributed by atoms with Crippen LogP contribution in [0.2, 0.25) is 0 Å². The van der Waals surface area contributed by atoms with E-state index in [1.54, 1.807) is 17.5 Å². The van der Waals surface area contributed by atoms with Crippen LogP contribution in [-0.4, -0.2) is 63.5 Å². The Kier molecular flexibility index (Phi) is 12.8. The highest BCUT2D eigenvalue weighted by Crippen LogP contribution is 2.43. The van der Waals surface area contributed by atoms with Crippen LogP contribution < -0.4 is 10.6 Å². The van der Waals surface area contributed by atoms with Crippen molar-refractivity contribution in [3.63, 3.8) is 0 Å². The number of rotatable bonds is 15. The van der Waals surface area contributed by atoms with Gasteiger partial charge in [-0.3, -0.25) is 14.5 Å². The fourth-order valence-electron chi connectivity index (χ4n) is 7.58. The van der Waals surface area contributed by atoms with Gasteiger partial charge < -0.3 is 20.2 Å². The van der Waals surface area contributed by atoms with Gasteiger partial charge in [0.15, 0.2) is 16.9 Å². The maximum absolute atomic E-state index is 14.3. The molecule has 2 atom stereocenters. The van der Waals surface area contributed by atoms with Gasteiger partial charge in [-0.05, 0) is 33.4 Å². The lowest BCUT2D eigenvalue weighted by Gasteiger charge is -2.49. The average Bonchev–Trinajstić information content (AvgIpc) is 3.79. The minimum atomic E-state index is -0.974.